The molecule has 0 fully saturated rings. The fourth-order valence-electron chi connectivity index (χ4n) is 1.64. The summed E-state index contributed by atoms with van der Waals surface area (Å²) < 4.78 is 0. The van der Waals surface area contributed by atoms with Crippen molar-refractivity contribution in [1.29, 1.82) is 0 Å². The van der Waals surface area contributed by atoms with Crippen molar-refractivity contribution in [3.05, 3.63) is 0 Å². The van der Waals surface area contributed by atoms with E-state index in [1.807, 2.05) is 6.92 Å². The van der Waals surface area contributed by atoms with Crippen LogP contribution < -0.4 is 10.6 Å². The van der Waals surface area contributed by atoms with Crippen molar-refractivity contribution < 1.29 is 14.7 Å². The third-order valence-corrected chi connectivity index (χ3v) is 2.60. The highest BCUT2D eigenvalue weighted by molar-refractivity contribution is 5.76. The maximum atomic E-state index is 11.7. The van der Waals surface area contributed by atoms with E-state index in [1.54, 1.807) is 13.8 Å². The lowest BCUT2D eigenvalue weighted by Gasteiger charge is -2.26. The molecule has 0 aromatic rings. The van der Waals surface area contributed by atoms with Gasteiger partial charge in [-0.2, -0.15) is 0 Å². The van der Waals surface area contributed by atoms with Crippen molar-refractivity contribution in [3.8, 4) is 0 Å². The molecule has 0 rings (SSSR count). The van der Waals surface area contributed by atoms with Gasteiger partial charge in [-0.25, -0.2) is 4.79 Å². The molecule has 0 aliphatic rings. The predicted molar refractivity (Wildman–Crippen MR) is 71.5 cm³/mol. The van der Waals surface area contributed by atoms with Crippen molar-refractivity contribution in [2.75, 3.05) is 0 Å². The zero-order chi connectivity index (χ0) is 14.3. The molecule has 0 heterocycles. The van der Waals surface area contributed by atoms with Gasteiger partial charge in [-0.3, -0.25) is 4.79 Å². The van der Waals surface area contributed by atoms with E-state index < -0.39 is 11.5 Å². The molecule has 2 amide bonds. The van der Waals surface area contributed by atoms with Crippen molar-refractivity contribution in [2.45, 2.75) is 65.5 Å². The molecule has 0 bridgehead atoms. The van der Waals surface area contributed by atoms with E-state index in [0.717, 1.165) is 12.8 Å². The molecule has 0 aromatic heterocycles. The average molecular weight is 258 g/mol. The van der Waals surface area contributed by atoms with Gasteiger partial charge in [-0.05, 0) is 39.5 Å². The van der Waals surface area contributed by atoms with E-state index >= 15 is 0 Å². The minimum absolute atomic E-state index is 0.0908. The number of carbonyl (C=O) groups is 2. The molecule has 5 nitrogen and oxygen atoms in total. The first-order valence-corrected chi connectivity index (χ1v) is 6.43. The summed E-state index contributed by atoms with van der Waals surface area (Å²) in [5.41, 5.74) is -0.742. The van der Waals surface area contributed by atoms with Gasteiger partial charge in [-0.1, -0.05) is 13.8 Å². The molecular formula is C13H26N2O3. The maximum absolute atomic E-state index is 11.7. The lowest BCUT2D eigenvalue weighted by molar-refractivity contribution is -0.138. The van der Waals surface area contributed by atoms with Crippen LogP contribution in [0.5, 0.6) is 0 Å². The molecular weight excluding hydrogens is 232 g/mol. The van der Waals surface area contributed by atoms with E-state index in [9.17, 15) is 9.59 Å². The third kappa shape index (κ3) is 8.84. The van der Waals surface area contributed by atoms with Gasteiger partial charge in [0.2, 0.25) is 0 Å². The number of hydrogen-bond acceptors (Lipinski definition) is 2. The van der Waals surface area contributed by atoms with Crippen LogP contribution in [0.4, 0.5) is 4.79 Å². The molecule has 106 valence electrons. The quantitative estimate of drug-likeness (QED) is 0.656. The zero-order valence-electron chi connectivity index (χ0n) is 12.0. The first kappa shape index (κ1) is 16.7. The summed E-state index contributed by atoms with van der Waals surface area (Å²) in [5.74, 6) is -0.311. The van der Waals surface area contributed by atoms with Gasteiger partial charge >= 0.3 is 12.0 Å². The van der Waals surface area contributed by atoms with Crippen molar-refractivity contribution >= 4 is 12.0 Å². The molecule has 0 spiro atoms. The molecule has 0 radical (unpaired) electrons. The molecule has 0 aliphatic heterocycles. The Balaban J connectivity index is 4.06. The number of carbonyl (C=O) groups excluding carboxylic acids is 1. The van der Waals surface area contributed by atoms with Gasteiger partial charge in [0.15, 0.2) is 0 Å². The van der Waals surface area contributed by atoms with Gasteiger partial charge in [0.25, 0.3) is 0 Å². The second-order valence-corrected chi connectivity index (χ2v) is 5.93. The van der Waals surface area contributed by atoms with Gasteiger partial charge in [0.05, 0.1) is 6.42 Å². The molecule has 5 heteroatoms. The highest BCUT2D eigenvalue weighted by Gasteiger charge is 2.24. The third-order valence-electron chi connectivity index (χ3n) is 2.60. The van der Waals surface area contributed by atoms with Crippen LogP contribution in [0, 0.1) is 5.92 Å². The molecule has 0 saturated carbocycles. The molecule has 0 aliphatic carbocycles. The first-order chi connectivity index (χ1) is 8.12. The van der Waals surface area contributed by atoms with Crippen LogP contribution in [0.1, 0.15) is 53.9 Å². The summed E-state index contributed by atoms with van der Waals surface area (Å²) in [6.07, 6.45) is 1.88. The summed E-state index contributed by atoms with van der Waals surface area (Å²) in [5, 5.41) is 14.2. The van der Waals surface area contributed by atoms with Crippen molar-refractivity contribution in [1.82, 2.24) is 10.6 Å². The molecule has 18 heavy (non-hydrogen) atoms. The van der Waals surface area contributed by atoms with E-state index in [4.69, 9.17) is 5.11 Å². The molecule has 0 saturated heterocycles. The number of carboxylic acids is 1. The van der Waals surface area contributed by atoms with E-state index in [-0.39, 0.29) is 18.5 Å². The van der Waals surface area contributed by atoms with E-state index in [0.29, 0.717) is 5.92 Å². The first-order valence-electron chi connectivity index (χ1n) is 6.43. The minimum Gasteiger partial charge on any atom is -0.481 e. The normalized spacial score (nSPS) is 13.2. The zero-order valence-corrected chi connectivity index (χ0v) is 12.0. The summed E-state index contributed by atoms with van der Waals surface area (Å²) in [4.78, 5) is 22.3. The highest BCUT2D eigenvalue weighted by Crippen LogP contribution is 2.09. The molecule has 3 N–H and O–H groups in total. The lowest BCUT2D eigenvalue weighted by Crippen LogP contribution is -2.51. The largest absolute Gasteiger partial charge is 0.481 e. The predicted octanol–water partition coefficient (Wildman–Crippen LogP) is 2.36. The number of urea groups is 1. The van der Waals surface area contributed by atoms with Crippen LogP contribution in [0.3, 0.4) is 0 Å². The van der Waals surface area contributed by atoms with Gasteiger partial charge in [-0.15, -0.1) is 0 Å². The second kappa shape index (κ2) is 7.24. The van der Waals surface area contributed by atoms with Crippen LogP contribution in [0.25, 0.3) is 0 Å². The van der Waals surface area contributed by atoms with Crippen molar-refractivity contribution in [3.63, 3.8) is 0 Å². The Morgan fingerprint density at radius 1 is 1.17 bits per heavy atom. The smallest absolute Gasteiger partial charge is 0.315 e. The minimum atomic E-state index is -0.923. The van der Waals surface area contributed by atoms with Crippen LogP contribution >= 0.6 is 0 Å². The van der Waals surface area contributed by atoms with Crippen molar-refractivity contribution in [2.24, 2.45) is 5.92 Å². The van der Waals surface area contributed by atoms with Crippen LogP contribution in [-0.2, 0) is 4.79 Å². The standard InChI is InChI=1S/C13H26N2O3/c1-9(2)6-7-10(3)14-12(18)15-13(4,5)8-11(16)17/h9-10H,6-8H2,1-5H3,(H,16,17)(H2,14,15,18). The van der Waals surface area contributed by atoms with E-state index in [1.165, 1.54) is 0 Å². The number of rotatable bonds is 7. The van der Waals surface area contributed by atoms with Gasteiger partial charge in [0, 0.05) is 11.6 Å². The highest BCUT2D eigenvalue weighted by atomic mass is 16.4. The maximum Gasteiger partial charge on any atom is 0.315 e. The van der Waals surface area contributed by atoms with Crippen LogP contribution in [0.2, 0.25) is 0 Å². The number of nitrogens with one attached hydrogen (secondary N) is 2. The second-order valence-electron chi connectivity index (χ2n) is 5.93. The fourth-order valence-corrected chi connectivity index (χ4v) is 1.64. The Hall–Kier alpha value is -1.26. The Labute approximate surface area is 109 Å². The average Bonchev–Trinajstić information content (AvgIpc) is 2.10. The summed E-state index contributed by atoms with van der Waals surface area (Å²) in [6, 6.07) is -0.217. The lowest BCUT2D eigenvalue weighted by atomic mass is 10.0. The van der Waals surface area contributed by atoms with E-state index in [2.05, 4.69) is 24.5 Å². The number of aliphatic carboxylic acids is 1. The van der Waals surface area contributed by atoms with Gasteiger partial charge in [0.1, 0.15) is 0 Å². The Bertz CT molecular complexity index is 288. The Morgan fingerprint density at radius 2 is 1.72 bits per heavy atom. The summed E-state index contributed by atoms with van der Waals surface area (Å²) in [6.45, 7) is 9.62. The summed E-state index contributed by atoms with van der Waals surface area (Å²) >= 11 is 0. The van der Waals surface area contributed by atoms with Crippen LogP contribution in [-0.4, -0.2) is 28.7 Å². The SMILES string of the molecule is CC(C)CCC(C)NC(=O)NC(C)(C)CC(=O)O. The number of hydrogen-bond donors (Lipinski definition) is 3. The topological polar surface area (TPSA) is 78.4 Å². The Morgan fingerprint density at radius 3 is 2.17 bits per heavy atom. The summed E-state index contributed by atoms with van der Waals surface area (Å²) in [7, 11) is 0. The Kier molecular flexibility index (Phi) is 6.73. The van der Waals surface area contributed by atoms with Gasteiger partial charge < -0.3 is 15.7 Å². The molecule has 1 atom stereocenters. The molecule has 0 aromatic carbocycles. The van der Waals surface area contributed by atoms with Crippen LogP contribution in [0.15, 0.2) is 0 Å². The number of amides is 2. The number of carboxylic acid groups (broad SMARTS) is 1. The monoisotopic (exact) mass is 258 g/mol. The fraction of sp³-hybridized carbons (Fsp3) is 0.846. The molecule has 1 unspecified atom stereocenters.